The maximum Gasteiger partial charge on any atom is 0.165 e. The van der Waals surface area contributed by atoms with E-state index in [2.05, 4.69) is 52.7 Å². The number of fused-ring (bicyclic) bond motifs is 1. The Morgan fingerprint density at radius 3 is 2.67 bits per heavy atom. The number of ether oxygens (including phenoxy) is 2. The number of methoxy groups -OCH3 is 1. The summed E-state index contributed by atoms with van der Waals surface area (Å²) in [5.74, 6) is 2.60. The zero-order chi connectivity index (χ0) is 24.1. The number of hydrogen-bond acceptors (Lipinski definition) is 5. The first-order valence-corrected chi connectivity index (χ1v) is 14.2. The molecule has 8 rings (SSSR count). The van der Waals surface area contributed by atoms with E-state index in [1.807, 2.05) is 0 Å². The SMILES string of the molecule is COc1ccc2c3c1O[C@H]1[C@@]4(CC[C@H]4NCc4ccccc4)CC[C@@]4(O)[C@@H](C2)N(CC2CC2)CC[C@]314. The van der Waals surface area contributed by atoms with E-state index >= 15 is 0 Å². The molecule has 2 spiro atoms. The molecule has 5 heteroatoms. The minimum absolute atomic E-state index is 0.00157. The predicted octanol–water partition coefficient (Wildman–Crippen LogP) is 4.20. The fraction of sp³-hybridized carbons (Fsp3) is 0.613. The van der Waals surface area contributed by atoms with Crippen LogP contribution in [0.4, 0.5) is 0 Å². The van der Waals surface area contributed by atoms with E-state index in [1.54, 1.807) is 7.11 Å². The number of rotatable bonds is 6. The molecule has 1 saturated heterocycles. The van der Waals surface area contributed by atoms with Gasteiger partial charge in [-0.05, 0) is 81.0 Å². The average Bonchev–Trinajstić information content (AvgIpc) is 3.63. The van der Waals surface area contributed by atoms with Crippen molar-refractivity contribution in [1.82, 2.24) is 10.2 Å². The van der Waals surface area contributed by atoms with Crippen molar-refractivity contribution in [2.24, 2.45) is 11.3 Å². The third-order valence-electron chi connectivity index (χ3n) is 11.2. The zero-order valence-electron chi connectivity index (χ0n) is 21.3. The largest absolute Gasteiger partial charge is 0.493 e. The van der Waals surface area contributed by atoms with Gasteiger partial charge < -0.3 is 19.9 Å². The van der Waals surface area contributed by atoms with Gasteiger partial charge in [-0.2, -0.15) is 0 Å². The molecule has 0 aromatic heterocycles. The predicted molar refractivity (Wildman–Crippen MR) is 138 cm³/mol. The van der Waals surface area contributed by atoms with Gasteiger partial charge in [-0.1, -0.05) is 36.4 Å². The van der Waals surface area contributed by atoms with Crippen molar-refractivity contribution in [2.75, 3.05) is 20.2 Å². The third-order valence-corrected chi connectivity index (χ3v) is 11.2. The lowest BCUT2D eigenvalue weighted by molar-refractivity contribution is -0.236. The van der Waals surface area contributed by atoms with E-state index in [4.69, 9.17) is 9.47 Å². The summed E-state index contributed by atoms with van der Waals surface area (Å²) >= 11 is 0. The maximum absolute atomic E-state index is 12.8. The highest BCUT2D eigenvalue weighted by molar-refractivity contribution is 5.63. The topological polar surface area (TPSA) is 54.0 Å². The van der Waals surface area contributed by atoms with Crippen LogP contribution in [0.1, 0.15) is 61.6 Å². The highest BCUT2D eigenvalue weighted by atomic mass is 16.5. The molecule has 5 nitrogen and oxygen atoms in total. The molecule has 190 valence electrons. The lowest BCUT2D eigenvalue weighted by atomic mass is 9.40. The number of likely N-dealkylation sites (tertiary alicyclic amines) is 1. The van der Waals surface area contributed by atoms with Gasteiger partial charge >= 0.3 is 0 Å². The maximum atomic E-state index is 12.8. The molecule has 36 heavy (non-hydrogen) atoms. The standard InChI is InChI=1S/C31H38N2O3/c1-35-23-10-9-22-17-25-31(34)14-13-29(12-11-24(29)32-18-20-5-3-2-4-6-20)28-30(31,26(22)27(23)36-28)15-16-33(25)19-21-7-8-21/h2-6,9-10,21,24-25,28,32,34H,7-8,11-19H2,1H3/t24-,25-,28+,29+,30+,31-/m1/s1. The number of piperidine rings is 1. The molecular formula is C31H38N2O3. The van der Waals surface area contributed by atoms with Gasteiger partial charge in [-0.15, -0.1) is 0 Å². The number of benzene rings is 2. The van der Waals surface area contributed by atoms with Crippen molar-refractivity contribution in [3.05, 3.63) is 59.2 Å². The minimum Gasteiger partial charge on any atom is -0.493 e. The fourth-order valence-corrected chi connectivity index (χ4v) is 9.21. The van der Waals surface area contributed by atoms with Gasteiger partial charge in [-0.25, -0.2) is 0 Å². The monoisotopic (exact) mass is 486 g/mol. The molecule has 2 aromatic rings. The molecule has 0 amide bonds. The van der Waals surface area contributed by atoms with Crippen molar-refractivity contribution in [2.45, 2.75) is 87.1 Å². The Labute approximate surface area is 214 Å². The van der Waals surface area contributed by atoms with Crippen LogP contribution in [-0.4, -0.2) is 54.0 Å². The lowest BCUT2D eigenvalue weighted by Crippen LogP contribution is -2.80. The van der Waals surface area contributed by atoms with E-state index in [0.29, 0.717) is 6.04 Å². The van der Waals surface area contributed by atoms with Crippen LogP contribution < -0.4 is 14.8 Å². The smallest absolute Gasteiger partial charge is 0.165 e. The number of nitrogens with one attached hydrogen (secondary N) is 1. The van der Waals surface area contributed by atoms with E-state index in [0.717, 1.165) is 62.7 Å². The van der Waals surface area contributed by atoms with Crippen LogP contribution in [0, 0.1) is 11.3 Å². The van der Waals surface area contributed by atoms with Crippen molar-refractivity contribution in [3.63, 3.8) is 0 Å². The molecule has 2 heterocycles. The Bertz CT molecular complexity index is 1200. The van der Waals surface area contributed by atoms with Gasteiger partial charge in [0.25, 0.3) is 0 Å². The van der Waals surface area contributed by atoms with Gasteiger partial charge in [0.2, 0.25) is 0 Å². The van der Waals surface area contributed by atoms with E-state index in [1.165, 1.54) is 42.4 Å². The van der Waals surface area contributed by atoms with Crippen LogP contribution in [0.2, 0.25) is 0 Å². The van der Waals surface area contributed by atoms with Crippen molar-refractivity contribution >= 4 is 0 Å². The average molecular weight is 487 g/mol. The number of aliphatic hydroxyl groups is 1. The Hall–Kier alpha value is -2.08. The molecule has 2 aliphatic heterocycles. The zero-order valence-corrected chi connectivity index (χ0v) is 21.3. The summed E-state index contributed by atoms with van der Waals surface area (Å²) in [6.07, 6.45) is 8.88. The fourth-order valence-electron chi connectivity index (χ4n) is 9.21. The first kappa shape index (κ1) is 22.0. The van der Waals surface area contributed by atoms with Crippen LogP contribution in [0.15, 0.2) is 42.5 Å². The summed E-state index contributed by atoms with van der Waals surface area (Å²) in [4.78, 5) is 2.66. The molecule has 6 atom stereocenters. The normalized spacial score (nSPS) is 39.9. The quantitative estimate of drug-likeness (QED) is 0.641. The molecule has 2 bridgehead atoms. The van der Waals surface area contributed by atoms with Crippen LogP contribution >= 0.6 is 0 Å². The Kier molecular flexibility index (Phi) is 4.57. The summed E-state index contributed by atoms with van der Waals surface area (Å²) in [5.41, 5.74) is 3.00. The number of nitrogens with zero attached hydrogens (tertiary/aromatic N) is 1. The molecule has 4 aliphatic carbocycles. The molecule has 3 saturated carbocycles. The van der Waals surface area contributed by atoms with Crippen LogP contribution in [-0.2, 0) is 18.4 Å². The first-order chi connectivity index (χ1) is 17.6. The molecular weight excluding hydrogens is 448 g/mol. The summed E-state index contributed by atoms with van der Waals surface area (Å²) < 4.78 is 12.9. The lowest BCUT2D eigenvalue weighted by Gasteiger charge is -2.69. The Balaban J connectivity index is 1.21. The molecule has 0 radical (unpaired) electrons. The highest BCUT2D eigenvalue weighted by Crippen LogP contribution is 2.71. The minimum atomic E-state index is -0.736. The molecule has 2 aromatic carbocycles. The van der Waals surface area contributed by atoms with Gasteiger partial charge in [0, 0.05) is 36.2 Å². The van der Waals surface area contributed by atoms with Crippen molar-refractivity contribution < 1.29 is 14.6 Å². The molecule has 2 N–H and O–H groups in total. The van der Waals surface area contributed by atoms with E-state index in [-0.39, 0.29) is 23.0 Å². The second-order valence-corrected chi connectivity index (χ2v) is 12.6. The van der Waals surface area contributed by atoms with Gasteiger partial charge in [0.05, 0.1) is 18.1 Å². The van der Waals surface area contributed by atoms with Crippen LogP contribution in [0.5, 0.6) is 11.5 Å². The molecule has 0 unspecified atom stereocenters. The van der Waals surface area contributed by atoms with Gasteiger partial charge in [-0.3, -0.25) is 4.90 Å². The van der Waals surface area contributed by atoms with E-state index < -0.39 is 5.60 Å². The van der Waals surface area contributed by atoms with Gasteiger partial charge in [0.1, 0.15) is 6.10 Å². The summed E-state index contributed by atoms with van der Waals surface area (Å²) in [6.45, 7) is 3.10. The summed E-state index contributed by atoms with van der Waals surface area (Å²) in [6, 6.07) is 15.7. The van der Waals surface area contributed by atoms with Gasteiger partial charge in [0.15, 0.2) is 11.5 Å². The van der Waals surface area contributed by atoms with Crippen molar-refractivity contribution in [1.29, 1.82) is 0 Å². The first-order valence-electron chi connectivity index (χ1n) is 14.2. The molecule has 6 aliphatic rings. The third kappa shape index (κ3) is 2.67. The molecule has 4 fully saturated rings. The highest BCUT2D eigenvalue weighted by Gasteiger charge is 2.77. The summed E-state index contributed by atoms with van der Waals surface area (Å²) in [7, 11) is 1.75. The van der Waals surface area contributed by atoms with Crippen molar-refractivity contribution in [3.8, 4) is 11.5 Å². The van der Waals surface area contributed by atoms with E-state index in [9.17, 15) is 5.11 Å². The van der Waals surface area contributed by atoms with Crippen LogP contribution in [0.25, 0.3) is 0 Å². The van der Waals surface area contributed by atoms with Crippen LogP contribution in [0.3, 0.4) is 0 Å². The summed E-state index contributed by atoms with van der Waals surface area (Å²) in [5, 5.41) is 16.8. The number of hydrogen-bond donors (Lipinski definition) is 2. The second kappa shape index (κ2) is 7.49. The Morgan fingerprint density at radius 2 is 1.92 bits per heavy atom. The Morgan fingerprint density at radius 1 is 1.06 bits per heavy atom. The second-order valence-electron chi connectivity index (χ2n) is 12.6.